The lowest BCUT2D eigenvalue weighted by Crippen LogP contribution is -2.40. The third kappa shape index (κ3) is 3.18. The molecule has 1 N–H and O–H groups in total. The molecule has 1 aliphatic heterocycles. The normalized spacial score (nSPS) is 35.0. The number of hydrogen-bond donors (Lipinski definition) is 1. The predicted octanol–water partition coefficient (Wildman–Crippen LogP) is 2.25. The highest BCUT2D eigenvalue weighted by Crippen LogP contribution is 2.29. The van der Waals surface area contributed by atoms with Crippen LogP contribution < -0.4 is 5.32 Å². The van der Waals surface area contributed by atoms with Crippen LogP contribution in [0.4, 0.5) is 0 Å². The highest BCUT2D eigenvalue weighted by Gasteiger charge is 2.25. The standard InChI is InChI=1S/C13H26N2/c1-2-12-4-6-13(7-5-12)15-10-3-8-14-9-11-15/h12-14H,2-11H2,1H3. The molecule has 0 amide bonds. The van der Waals surface area contributed by atoms with Crippen molar-refractivity contribution in [2.24, 2.45) is 5.92 Å². The third-order valence-corrected chi connectivity index (χ3v) is 4.28. The lowest BCUT2D eigenvalue weighted by atomic mass is 9.84. The van der Waals surface area contributed by atoms with E-state index in [2.05, 4.69) is 17.1 Å². The molecule has 1 aliphatic carbocycles. The van der Waals surface area contributed by atoms with Crippen molar-refractivity contribution in [2.75, 3.05) is 26.2 Å². The van der Waals surface area contributed by atoms with E-state index in [1.54, 1.807) is 0 Å². The molecule has 2 rings (SSSR count). The van der Waals surface area contributed by atoms with E-state index < -0.39 is 0 Å². The Morgan fingerprint density at radius 3 is 2.60 bits per heavy atom. The maximum Gasteiger partial charge on any atom is 0.0110 e. The Morgan fingerprint density at radius 1 is 1.07 bits per heavy atom. The SMILES string of the molecule is CCC1CCC(N2CCCNCC2)CC1. The molecule has 0 bridgehead atoms. The smallest absolute Gasteiger partial charge is 0.0110 e. The molecule has 2 heteroatoms. The van der Waals surface area contributed by atoms with Crippen LogP contribution in [0.3, 0.4) is 0 Å². The van der Waals surface area contributed by atoms with Crippen LogP contribution in [0.25, 0.3) is 0 Å². The molecule has 0 spiro atoms. The van der Waals surface area contributed by atoms with Crippen LogP contribution in [0.2, 0.25) is 0 Å². The van der Waals surface area contributed by atoms with Gasteiger partial charge < -0.3 is 5.32 Å². The molecular weight excluding hydrogens is 184 g/mol. The van der Waals surface area contributed by atoms with Crippen LogP contribution in [0.15, 0.2) is 0 Å². The number of rotatable bonds is 2. The molecule has 0 aromatic carbocycles. The van der Waals surface area contributed by atoms with Gasteiger partial charge in [0.15, 0.2) is 0 Å². The second-order valence-electron chi connectivity index (χ2n) is 5.22. The molecule has 2 nitrogen and oxygen atoms in total. The van der Waals surface area contributed by atoms with Gasteiger partial charge in [-0.1, -0.05) is 13.3 Å². The fourth-order valence-electron chi connectivity index (χ4n) is 3.15. The van der Waals surface area contributed by atoms with Crippen LogP contribution in [-0.4, -0.2) is 37.1 Å². The molecule has 2 aliphatic rings. The topological polar surface area (TPSA) is 15.3 Å². The van der Waals surface area contributed by atoms with Gasteiger partial charge in [-0.2, -0.15) is 0 Å². The fraction of sp³-hybridized carbons (Fsp3) is 1.00. The first-order valence-corrected chi connectivity index (χ1v) is 6.85. The maximum absolute atomic E-state index is 3.49. The van der Waals surface area contributed by atoms with Crippen molar-refractivity contribution in [3.63, 3.8) is 0 Å². The van der Waals surface area contributed by atoms with Gasteiger partial charge in [-0.25, -0.2) is 0 Å². The Hall–Kier alpha value is -0.0800. The molecule has 0 aromatic rings. The van der Waals surface area contributed by atoms with E-state index in [0.29, 0.717) is 0 Å². The molecule has 0 atom stereocenters. The van der Waals surface area contributed by atoms with E-state index in [0.717, 1.165) is 12.0 Å². The molecule has 1 saturated carbocycles. The first-order valence-electron chi connectivity index (χ1n) is 6.85. The van der Waals surface area contributed by atoms with Gasteiger partial charge in [-0.15, -0.1) is 0 Å². The molecule has 0 unspecified atom stereocenters. The monoisotopic (exact) mass is 210 g/mol. The first kappa shape index (κ1) is 11.4. The number of nitrogens with one attached hydrogen (secondary N) is 1. The summed E-state index contributed by atoms with van der Waals surface area (Å²) in [7, 11) is 0. The van der Waals surface area contributed by atoms with E-state index in [1.807, 2.05) is 0 Å². The summed E-state index contributed by atoms with van der Waals surface area (Å²) in [5, 5.41) is 3.49. The van der Waals surface area contributed by atoms with Crippen molar-refractivity contribution in [3.05, 3.63) is 0 Å². The fourth-order valence-corrected chi connectivity index (χ4v) is 3.15. The van der Waals surface area contributed by atoms with Crippen LogP contribution in [-0.2, 0) is 0 Å². The zero-order valence-corrected chi connectivity index (χ0v) is 10.2. The van der Waals surface area contributed by atoms with E-state index in [9.17, 15) is 0 Å². The summed E-state index contributed by atoms with van der Waals surface area (Å²) in [5.74, 6) is 1.03. The van der Waals surface area contributed by atoms with Gasteiger partial charge in [0, 0.05) is 19.1 Å². The third-order valence-electron chi connectivity index (χ3n) is 4.28. The van der Waals surface area contributed by atoms with Crippen LogP contribution in [0.1, 0.15) is 45.4 Å². The van der Waals surface area contributed by atoms with Gasteiger partial charge in [0.25, 0.3) is 0 Å². The average Bonchev–Trinajstić information content (AvgIpc) is 2.58. The molecule has 2 fully saturated rings. The molecular formula is C13H26N2. The first-order chi connectivity index (χ1) is 7.40. The largest absolute Gasteiger partial charge is 0.315 e. The summed E-state index contributed by atoms with van der Waals surface area (Å²) in [6.07, 6.45) is 8.61. The minimum Gasteiger partial charge on any atom is -0.315 e. The number of hydrogen-bond acceptors (Lipinski definition) is 2. The molecule has 88 valence electrons. The lowest BCUT2D eigenvalue weighted by Gasteiger charge is -2.36. The quantitative estimate of drug-likeness (QED) is 0.752. The van der Waals surface area contributed by atoms with Gasteiger partial charge in [0.1, 0.15) is 0 Å². The van der Waals surface area contributed by atoms with E-state index in [4.69, 9.17) is 0 Å². The van der Waals surface area contributed by atoms with Crippen molar-refractivity contribution in [2.45, 2.75) is 51.5 Å². The molecule has 15 heavy (non-hydrogen) atoms. The summed E-state index contributed by atoms with van der Waals surface area (Å²) in [6.45, 7) is 7.38. The Kier molecular flexibility index (Phi) is 4.45. The zero-order chi connectivity index (χ0) is 10.5. The van der Waals surface area contributed by atoms with Gasteiger partial charge in [0.05, 0.1) is 0 Å². The van der Waals surface area contributed by atoms with Crippen molar-refractivity contribution in [3.8, 4) is 0 Å². The van der Waals surface area contributed by atoms with E-state index in [1.165, 1.54) is 64.7 Å². The van der Waals surface area contributed by atoms with Crippen molar-refractivity contribution >= 4 is 0 Å². The van der Waals surface area contributed by atoms with Crippen molar-refractivity contribution in [1.82, 2.24) is 10.2 Å². The maximum atomic E-state index is 3.49. The predicted molar refractivity (Wildman–Crippen MR) is 65.1 cm³/mol. The average molecular weight is 210 g/mol. The lowest BCUT2D eigenvalue weighted by molar-refractivity contribution is 0.143. The number of nitrogens with zero attached hydrogens (tertiary/aromatic N) is 1. The molecule has 0 radical (unpaired) electrons. The van der Waals surface area contributed by atoms with Gasteiger partial charge >= 0.3 is 0 Å². The summed E-state index contributed by atoms with van der Waals surface area (Å²) in [4.78, 5) is 2.74. The Balaban J connectivity index is 1.78. The highest BCUT2D eigenvalue weighted by molar-refractivity contribution is 4.80. The van der Waals surface area contributed by atoms with Gasteiger partial charge in [-0.05, 0) is 51.1 Å². The van der Waals surface area contributed by atoms with Crippen molar-refractivity contribution < 1.29 is 0 Å². The van der Waals surface area contributed by atoms with E-state index >= 15 is 0 Å². The van der Waals surface area contributed by atoms with Gasteiger partial charge in [0.2, 0.25) is 0 Å². The van der Waals surface area contributed by atoms with Crippen LogP contribution >= 0.6 is 0 Å². The van der Waals surface area contributed by atoms with Crippen LogP contribution in [0.5, 0.6) is 0 Å². The molecule has 1 heterocycles. The molecule has 0 aromatic heterocycles. The van der Waals surface area contributed by atoms with Crippen LogP contribution in [0, 0.1) is 5.92 Å². The second-order valence-corrected chi connectivity index (χ2v) is 5.22. The Morgan fingerprint density at radius 2 is 1.87 bits per heavy atom. The van der Waals surface area contributed by atoms with Gasteiger partial charge in [-0.3, -0.25) is 4.90 Å². The summed E-state index contributed by atoms with van der Waals surface area (Å²) in [6, 6.07) is 0.910. The highest BCUT2D eigenvalue weighted by atomic mass is 15.2. The van der Waals surface area contributed by atoms with E-state index in [-0.39, 0.29) is 0 Å². The summed E-state index contributed by atoms with van der Waals surface area (Å²) in [5.41, 5.74) is 0. The minimum absolute atomic E-state index is 0.910. The van der Waals surface area contributed by atoms with Crippen molar-refractivity contribution in [1.29, 1.82) is 0 Å². The zero-order valence-electron chi connectivity index (χ0n) is 10.2. The Bertz CT molecular complexity index is 165. The molecule has 1 saturated heterocycles. The minimum atomic E-state index is 0.910. The Labute approximate surface area is 94.4 Å². The summed E-state index contributed by atoms with van der Waals surface area (Å²) < 4.78 is 0. The second kappa shape index (κ2) is 5.86. The summed E-state index contributed by atoms with van der Waals surface area (Å²) >= 11 is 0.